The number of carbonyl (C=O) groups is 1. The SMILES string of the molecule is CN(C(=O)C(C)(C)C)C1CCN(c2ccc3ccccc3n2)CC1. The molecule has 0 atom stereocenters. The fourth-order valence-electron chi connectivity index (χ4n) is 3.41. The molecule has 0 bridgehead atoms. The molecule has 0 unspecified atom stereocenters. The van der Waals surface area contributed by atoms with Gasteiger partial charge in [-0.15, -0.1) is 0 Å². The molecule has 2 heterocycles. The molecule has 1 fully saturated rings. The number of fused-ring (bicyclic) bond motifs is 1. The summed E-state index contributed by atoms with van der Waals surface area (Å²) in [5.41, 5.74) is 0.725. The molecule has 2 aromatic rings. The zero-order chi connectivity index (χ0) is 17.3. The van der Waals surface area contributed by atoms with Crippen molar-refractivity contribution in [3.05, 3.63) is 36.4 Å². The maximum Gasteiger partial charge on any atom is 0.227 e. The number of benzene rings is 1. The van der Waals surface area contributed by atoms with E-state index in [0.717, 1.165) is 37.3 Å². The molecule has 1 aromatic carbocycles. The fourth-order valence-corrected chi connectivity index (χ4v) is 3.41. The van der Waals surface area contributed by atoms with Crippen LogP contribution in [-0.2, 0) is 4.79 Å². The van der Waals surface area contributed by atoms with Crippen LogP contribution < -0.4 is 4.90 Å². The summed E-state index contributed by atoms with van der Waals surface area (Å²) in [6.07, 6.45) is 1.99. The summed E-state index contributed by atoms with van der Waals surface area (Å²) in [6, 6.07) is 12.8. The highest BCUT2D eigenvalue weighted by molar-refractivity contribution is 5.82. The Kier molecular flexibility index (Phi) is 4.48. The molecule has 0 saturated carbocycles. The van der Waals surface area contributed by atoms with Crippen molar-refractivity contribution < 1.29 is 4.79 Å². The van der Waals surface area contributed by atoms with E-state index >= 15 is 0 Å². The summed E-state index contributed by atoms with van der Waals surface area (Å²) in [6.45, 7) is 7.84. The van der Waals surface area contributed by atoms with Crippen LogP contribution in [0.5, 0.6) is 0 Å². The summed E-state index contributed by atoms with van der Waals surface area (Å²) < 4.78 is 0. The standard InChI is InChI=1S/C20H27N3O/c1-20(2,3)19(24)22(4)16-11-13-23(14-12-16)18-10-9-15-7-5-6-8-17(15)21-18/h5-10,16H,11-14H2,1-4H3. The van der Waals surface area contributed by atoms with Crippen LogP contribution in [0.4, 0.5) is 5.82 Å². The van der Waals surface area contributed by atoms with E-state index in [9.17, 15) is 4.79 Å². The Hall–Kier alpha value is -2.10. The van der Waals surface area contributed by atoms with Gasteiger partial charge in [0.05, 0.1) is 5.52 Å². The Bertz CT molecular complexity index is 727. The van der Waals surface area contributed by atoms with E-state index in [4.69, 9.17) is 4.98 Å². The lowest BCUT2D eigenvalue weighted by molar-refractivity contribution is -0.140. The third kappa shape index (κ3) is 3.37. The molecule has 128 valence electrons. The lowest BCUT2D eigenvalue weighted by Crippen LogP contribution is -2.48. The van der Waals surface area contributed by atoms with Crippen LogP contribution in [0.1, 0.15) is 33.6 Å². The van der Waals surface area contributed by atoms with Crippen LogP contribution in [0.25, 0.3) is 10.9 Å². The lowest BCUT2D eigenvalue weighted by atomic mass is 9.92. The van der Waals surface area contributed by atoms with Gasteiger partial charge in [0.2, 0.25) is 5.91 Å². The first-order chi connectivity index (χ1) is 11.4. The molecule has 0 spiro atoms. The van der Waals surface area contributed by atoms with E-state index in [1.807, 2.05) is 44.9 Å². The average molecular weight is 325 g/mol. The largest absolute Gasteiger partial charge is 0.356 e. The molecule has 0 radical (unpaired) electrons. The molecule has 1 aromatic heterocycles. The van der Waals surface area contributed by atoms with Gasteiger partial charge in [-0.1, -0.05) is 39.0 Å². The van der Waals surface area contributed by atoms with Gasteiger partial charge < -0.3 is 9.80 Å². The summed E-state index contributed by atoms with van der Waals surface area (Å²) >= 11 is 0. The van der Waals surface area contributed by atoms with Gasteiger partial charge in [-0.3, -0.25) is 4.79 Å². The molecular weight excluding hydrogens is 298 g/mol. The van der Waals surface area contributed by atoms with Crippen LogP contribution in [0, 0.1) is 5.41 Å². The van der Waals surface area contributed by atoms with E-state index < -0.39 is 0 Å². The van der Waals surface area contributed by atoms with Crippen molar-refractivity contribution in [1.29, 1.82) is 0 Å². The Morgan fingerprint density at radius 1 is 1.12 bits per heavy atom. The van der Waals surface area contributed by atoms with Gasteiger partial charge >= 0.3 is 0 Å². The Morgan fingerprint density at radius 3 is 2.46 bits per heavy atom. The second-order valence-electron chi connectivity index (χ2n) is 7.75. The number of amides is 1. The zero-order valence-electron chi connectivity index (χ0n) is 15.1. The quantitative estimate of drug-likeness (QED) is 0.844. The average Bonchev–Trinajstić information content (AvgIpc) is 2.59. The van der Waals surface area contributed by atoms with Crippen molar-refractivity contribution in [3.8, 4) is 0 Å². The molecule has 4 heteroatoms. The van der Waals surface area contributed by atoms with Crippen molar-refractivity contribution in [2.45, 2.75) is 39.7 Å². The third-order valence-electron chi connectivity index (χ3n) is 4.88. The summed E-state index contributed by atoms with van der Waals surface area (Å²) in [5, 5.41) is 1.17. The van der Waals surface area contributed by atoms with E-state index in [1.165, 1.54) is 5.39 Å². The minimum Gasteiger partial charge on any atom is -0.356 e. The minimum atomic E-state index is -0.314. The lowest BCUT2D eigenvalue weighted by Gasteiger charge is -2.39. The van der Waals surface area contributed by atoms with E-state index in [-0.39, 0.29) is 11.3 Å². The van der Waals surface area contributed by atoms with Crippen molar-refractivity contribution in [1.82, 2.24) is 9.88 Å². The topological polar surface area (TPSA) is 36.4 Å². The van der Waals surface area contributed by atoms with Crippen molar-refractivity contribution in [2.75, 3.05) is 25.0 Å². The monoisotopic (exact) mass is 325 g/mol. The van der Waals surface area contributed by atoms with Crippen LogP contribution in [0.15, 0.2) is 36.4 Å². The highest BCUT2D eigenvalue weighted by Gasteiger charge is 2.31. The normalized spacial score (nSPS) is 16.4. The predicted molar refractivity (Wildman–Crippen MR) is 99.2 cm³/mol. The second-order valence-corrected chi connectivity index (χ2v) is 7.75. The van der Waals surface area contributed by atoms with Crippen molar-refractivity contribution in [3.63, 3.8) is 0 Å². The summed E-state index contributed by atoms with van der Waals surface area (Å²) in [7, 11) is 1.95. The number of pyridine rings is 1. The van der Waals surface area contributed by atoms with Gasteiger partial charge in [0.1, 0.15) is 5.82 Å². The molecule has 1 aliphatic heterocycles. The number of anilines is 1. The molecule has 1 aliphatic rings. The van der Waals surface area contributed by atoms with Gasteiger partial charge in [0, 0.05) is 37.0 Å². The van der Waals surface area contributed by atoms with Crippen molar-refractivity contribution >= 4 is 22.6 Å². The van der Waals surface area contributed by atoms with E-state index in [0.29, 0.717) is 6.04 Å². The number of piperidine rings is 1. The second kappa shape index (κ2) is 6.42. The van der Waals surface area contributed by atoms with E-state index in [2.05, 4.69) is 29.2 Å². The molecular formula is C20H27N3O. The number of hydrogen-bond acceptors (Lipinski definition) is 3. The van der Waals surface area contributed by atoms with Crippen LogP contribution >= 0.6 is 0 Å². The maximum atomic E-state index is 12.5. The first-order valence-electron chi connectivity index (χ1n) is 8.74. The molecule has 0 aliphatic carbocycles. The van der Waals surface area contributed by atoms with Gasteiger partial charge in [-0.05, 0) is 31.0 Å². The van der Waals surface area contributed by atoms with Gasteiger partial charge in [0.15, 0.2) is 0 Å². The molecule has 3 rings (SSSR count). The molecule has 4 nitrogen and oxygen atoms in total. The highest BCUT2D eigenvalue weighted by Crippen LogP contribution is 2.25. The minimum absolute atomic E-state index is 0.227. The third-order valence-corrected chi connectivity index (χ3v) is 4.88. The highest BCUT2D eigenvalue weighted by atomic mass is 16.2. The number of carbonyl (C=O) groups excluding carboxylic acids is 1. The van der Waals surface area contributed by atoms with Gasteiger partial charge in [0.25, 0.3) is 0 Å². The number of nitrogens with zero attached hydrogens (tertiary/aromatic N) is 3. The van der Waals surface area contributed by atoms with Gasteiger partial charge in [-0.2, -0.15) is 0 Å². The summed E-state index contributed by atoms with van der Waals surface area (Å²) in [5.74, 6) is 1.27. The number of para-hydroxylation sites is 1. The number of rotatable bonds is 2. The van der Waals surface area contributed by atoms with Crippen LogP contribution in [-0.4, -0.2) is 42.0 Å². The number of aromatic nitrogens is 1. The Labute approximate surface area is 144 Å². The van der Waals surface area contributed by atoms with Gasteiger partial charge in [-0.25, -0.2) is 4.98 Å². The van der Waals surface area contributed by atoms with Crippen LogP contribution in [0.2, 0.25) is 0 Å². The Morgan fingerprint density at radius 2 is 1.79 bits per heavy atom. The molecule has 1 saturated heterocycles. The van der Waals surface area contributed by atoms with Crippen molar-refractivity contribution in [2.24, 2.45) is 5.41 Å². The maximum absolute atomic E-state index is 12.5. The molecule has 1 amide bonds. The van der Waals surface area contributed by atoms with Crippen LogP contribution in [0.3, 0.4) is 0 Å². The fraction of sp³-hybridized carbons (Fsp3) is 0.500. The Balaban J connectivity index is 1.67. The van der Waals surface area contributed by atoms with E-state index in [1.54, 1.807) is 0 Å². The first-order valence-corrected chi connectivity index (χ1v) is 8.74. The first kappa shape index (κ1) is 16.7. The molecule has 0 N–H and O–H groups in total. The zero-order valence-corrected chi connectivity index (χ0v) is 15.1. The smallest absolute Gasteiger partial charge is 0.227 e. The molecule has 24 heavy (non-hydrogen) atoms. The predicted octanol–water partition coefficient (Wildman–Crippen LogP) is 3.71. The summed E-state index contributed by atoms with van der Waals surface area (Å²) in [4.78, 5) is 21.5. The number of hydrogen-bond donors (Lipinski definition) is 0.